The zero-order valence-corrected chi connectivity index (χ0v) is 11.3. The van der Waals surface area contributed by atoms with E-state index in [2.05, 4.69) is 5.32 Å². The molecule has 0 bridgehead atoms. The van der Waals surface area contributed by atoms with E-state index in [9.17, 15) is 4.79 Å². The summed E-state index contributed by atoms with van der Waals surface area (Å²) in [4.78, 5) is 11.8. The Hall–Kier alpha value is -1.22. The van der Waals surface area contributed by atoms with E-state index < -0.39 is 0 Å². The Morgan fingerprint density at radius 3 is 2.78 bits per heavy atom. The number of hydrogen-bond donors (Lipinski definition) is 1. The van der Waals surface area contributed by atoms with Crippen LogP contribution in [-0.4, -0.2) is 19.1 Å². The predicted molar refractivity (Wildman–Crippen MR) is 72.1 cm³/mol. The first kappa shape index (κ1) is 13.2. The van der Waals surface area contributed by atoms with Crippen molar-refractivity contribution in [2.75, 3.05) is 7.11 Å². The first-order chi connectivity index (χ1) is 8.69. The summed E-state index contributed by atoms with van der Waals surface area (Å²) < 4.78 is 5.08. The van der Waals surface area contributed by atoms with Gasteiger partial charge in [0.1, 0.15) is 5.75 Å². The molecule has 1 amide bonds. The number of halogens is 1. The highest BCUT2D eigenvalue weighted by Gasteiger charge is 2.17. The molecular weight excluding hydrogens is 250 g/mol. The normalized spacial score (nSPS) is 15.7. The molecule has 18 heavy (non-hydrogen) atoms. The molecule has 98 valence electrons. The highest BCUT2D eigenvalue weighted by atomic mass is 35.5. The Morgan fingerprint density at radius 2 is 2.17 bits per heavy atom. The van der Waals surface area contributed by atoms with Crippen molar-refractivity contribution in [1.82, 2.24) is 5.32 Å². The van der Waals surface area contributed by atoms with E-state index in [1.54, 1.807) is 19.2 Å². The fraction of sp³-hybridized carbons (Fsp3) is 0.500. The van der Waals surface area contributed by atoms with Gasteiger partial charge in [0.15, 0.2) is 0 Å². The van der Waals surface area contributed by atoms with Crippen LogP contribution >= 0.6 is 11.6 Å². The molecule has 1 aliphatic rings. The van der Waals surface area contributed by atoms with Gasteiger partial charge in [0, 0.05) is 6.04 Å². The third-order valence-electron chi connectivity index (χ3n) is 3.30. The molecule has 0 radical (unpaired) electrons. The molecule has 3 nitrogen and oxygen atoms in total. The van der Waals surface area contributed by atoms with Crippen molar-refractivity contribution in [2.24, 2.45) is 0 Å². The standard InChI is InChI=1S/C14H18ClNO2/c1-18-13-7-6-10(8-12(13)15)9-14(17)16-11-4-2-3-5-11/h6-8,11H,2-5,9H2,1H3,(H,16,17). The lowest BCUT2D eigenvalue weighted by molar-refractivity contribution is -0.121. The molecule has 1 N–H and O–H groups in total. The molecule has 0 heterocycles. The Bertz CT molecular complexity index is 428. The molecule has 0 spiro atoms. The van der Waals surface area contributed by atoms with E-state index in [4.69, 9.17) is 16.3 Å². The van der Waals surface area contributed by atoms with E-state index in [0.29, 0.717) is 23.2 Å². The fourth-order valence-electron chi connectivity index (χ4n) is 2.35. The second-order valence-corrected chi connectivity index (χ2v) is 5.10. The Morgan fingerprint density at radius 1 is 1.44 bits per heavy atom. The van der Waals surface area contributed by atoms with Crippen molar-refractivity contribution in [3.63, 3.8) is 0 Å². The van der Waals surface area contributed by atoms with Crippen LogP contribution in [0.3, 0.4) is 0 Å². The molecule has 0 aromatic heterocycles. The number of rotatable bonds is 4. The van der Waals surface area contributed by atoms with Crippen LogP contribution in [0.5, 0.6) is 5.75 Å². The molecular formula is C14H18ClNO2. The summed E-state index contributed by atoms with van der Waals surface area (Å²) in [6, 6.07) is 5.82. The van der Waals surface area contributed by atoms with Crippen LogP contribution in [0.2, 0.25) is 5.02 Å². The van der Waals surface area contributed by atoms with E-state index in [-0.39, 0.29) is 5.91 Å². The van der Waals surface area contributed by atoms with E-state index in [1.165, 1.54) is 12.8 Å². The summed E-state index contributed by atoms with van der Waals surface area (Å²) in [6.07, 6.45) is 5.03. The summed E-state index contributed by atoms with van der Waals surface area (Å²) >= 11 is 6.03. The molecule has 2 rings (SSSR count). The fourth-order valence-corrected chi connectivity index (χ4v) is 2.63. The molecule has 0 atom stereocenters. The maximum Gasteiger partial charge on any atom is 0.224 e. The quantitative estimate of drug-likeness (QED) is 0.911. The molecule has 1 aliphatic carbocycles. The number of benzene rings is 1. The van der Waals surface area contributed by atoms with E-state index in [0.717, 1.165) is 18.4 Å². The summed E-state index contributed by atoms with van der Waals surface area (Å²) in [5, 5.41) is 3.61. The van der Waals surface area contributed by atoms with Gasteiger partial charge in [-0.05, 0) is 30.5 Å². The largest absolute Gasteiger partial charge is 0.495 e. The SMILES string of the molecule is COc1ccc(CC(=O)NC2CCCC2)cc1Cl. The smallest absolute Gasteiger partial charge is 0.224 e. The molecule has 1 fully saturated rings. The number of nitrogens with one attached hydrogen (secondary N) is 1. The summed E-state index contributed by atoms with van der Waals surface area (Å²) in [7, 11) is 1.58. The van der Waals surface area contributed by atoms with E-state index >= 15 is 0 Å². The zero-order chi connectivity index (χ0) is 13.0. The second-order valence-electron chi connectivity index (χ2n) is 4.69. The number of methoxy groups -OCH3 is 1. The third-order valence-corrected chi connectivity index (χ3v) is 3.60. The van der Waals surface area contributed by atoms with Crippen molar-refractivity contribution >= 4 is 17.5 Å². The number of hydrogen-bond acceptors (Lipinski definition) is 2. The number of ether oxygens (including phenoxy) is 1. The molecule has 0 saturated heterocycles. The lowest BCUT2D eigenvalue weighted by Crippen LogP contribution is -2.33. The average Bonchev–Trinajstić information content (AvgIpc) is 2.82. The summed E-state index contributed by atoms with van der Waals surface area (Å²) in [5.41, 5.74) is 0.913. The van der Waals surface area contributed by atoms with Crippen LogP contribution in [0.25, 0.3) is 0 Å². The second kappa shape index (κ2) is 6.10. The molecule has 0 aliphatic heterocycles. The highest BCUT2D eigenvalue weighted by molar-refractivity contribution is 6.32. The van der Waals surface area contributed by atoms with Crippen LogP contribution in [-0.2, 0) is 11.2 Å². The van der Waals surface area contributed by atoms with Crippen molar-refractivity contribution in [2.45, 2.75) is 38.1 Å². The Labute approximate surface area is 112 Å². The van der Waals surface area contributed by atoms with Gasteiger partial charge in [0.05, 0.1) is 18.6 Å². The minimum atomic E-state index is 0.0723. The number of carbonyl (C=O) groups excluding carboxylic acids is 1. The van der Waals surface area contributed by atoms with Gasteiger partial charge in [-0.15, -0.1) is 0 Å². The van der Waals surface area contributed by atoms with Gasteiger partial charge in [-0.25, -0.2) is 0 Å². The molecule has 1 aromatic rings. The zero-order valence-electron chi connectivity index (χ0n) is 10.5. The predicted octanol–water partition coefficient (Wildman–Crippen LogP) is 2.95. The van der Waals surface area contributed by atoms with Crippen molar-refractivity contribution in [3.05, 3.63) is 28.8 Å². The average molecular weight is 268 g/mol. The van der Waals surface area contributed by atoms with Gasteiger partial charge >= 0.3 is 0 Å². The lowest BCUT2D eigenvalue weighted by atomic mass is 10.1. The summed E-state index contributed by atoms with van der Waals surface area (Å²) in [6.45, 7) is 0. The van der Waals surface area contributed by atoms with Crippen LogP contribution in [0.4, 0.5) is 0 Å². The third kappa shape index (κ3) is 3.39. The first-order valence-electron chi connectivity index (χ1n) is 6.31. The first-order valence-corrected chi connectivity index (χ1v) is 6.68. The Balaban J connectivity index is 1.92. The van der Waals surface area contributed by atoms with Crippen LogP contribution in [0, 0.1) is 0 Å². The highest BCUT2D eigenvalue weighted by Crippen LogP contribution is 2.25. The van der Waals surface area contributed by atoms with Crippen LogP contribution in [0.1, 0.15) is 31.2 Å². The number of carbonyl (C=O) groups is 1. The van der Waals surface area contributed by atoms with Gasteiger partial charge in [-0.3, -0.25) is 4.79 Å². The summed E-state index contributed by atoms with van der Waals surface area (Å²) in [5.74, 6) is 0.708. The van der Waals surface area contributed by atoms with Crippen LogP contribution < -0.4 is 10.1 Å². The monoisotopic (exact) mass is 267 g/mol. The molecule has 1 aromatic carbocycles. The lowest BCUT2D eigenvalue weighted by Gasteiger charge is -2.12. The van der Waals surface area contributed by atoms with Gasteiger partial charge in [0.2, 0.25) is 5.91 Å². The van der Waals surface area contributed by atoms with Gasteiger partial charge in [-0.2, -0.15) is 0 Å². The van der Waals surface area contributed by atoms with Gasteiger partial charge < -0.3 is 10.1 Å². The van der Waals surface area contributed by atoms with Crippen molar-refractivity contribution < 1.29 is 9.53 Å². The van der Waals surface area contributed by atoms with Crippen molar-refractivity contribution in [3.8, 4) is 5.75 Å². The minimum absolute atomic E-state index is 0.0723. The minimum Gasteiger partial charge on any atom is -0.495 e. The Kier molecular flexibility index (Phi) is 4.48. The molecule has 0 unspecified atom stereocenters. The van der Waals surface area contributed by atoms with Crippen LogP contribution in [0.15, 0.2) is 18.2 Å². The molecule has 4 heteroatoms. The maximum absolute atomic E-state index is 11.8. The van der Waals surface area contributed by atoms with Gasteiger partial charge in [-0.1, -0.05) is 30.5 Å². The number of amides is 1. The van der Waals surface area contributed by atoms with Crippen molar-refractivity contribution in [1.29, 1.82) is 0 Å². The topological polar surface area (TPSA) is 38.3 Å². The molecule has 1 saturated carbocycles. The maximum atomic E-state index is 11.8. The van der Waals surface area contributed by atoms with E-state index in [1.807, 2.05) is 6.07 Å². The van der Waals surface area contributed by atoms with Gasteiger partial charge in [0.25, 0.3) is 0 Å².